The molecule has 1 fully saturated rings. The van der Waals surface area contributed by atoms with E-state index < -0.39 is 15.9 Å². The van der Waals surface area contributed by atoms with Gasteiger partial charge in [0.15, 0.2) is 0 Å². The number of carbonyl (C=O) groups excluding carboxylic acids is 1. The van der Waals surface area contributed by atoms with Crippen LogP contribution in [-0.4, -0.2) is 49.9 Å². The maximum atomic E-state index is 13.0. The molecule has 0 unspecified atom stereocenters. The van der Waals surface area contributed by atoms with Crippen molar-refractivity contribution in [2.75, 3.05) is 31.6 Å². The van der Waals surface area contributed by atoms with Gasteiger partial charge >= 0.3 is 0 Å². The summed E-state index contributed by atoms with van der Waals surface area (Å²) in [7, 11) is -3.70. The van der Waals surface area contributed by atoms with Gasteiger partial charge in [0.25, 0.3) is 5.91 Å². The molecule has 1 aliphatic heterocycles. The van der Waals surface area contributed by atoms with E-state index >= 15 is 0 Å². The lowest BCUT2D eigenvalue weighted by molar-refractivity contribution is 0.0730. The van der Waals surface area contributed by atoms with Gasteiger partial charge in [0.2, 0.25) is 15.9 Å². The van der Waals surface area contributed by atoms with Gasteiger partial charge in [-0.1, -0.05) is 12.1 Å². The number of anilines is 1. The number of sulfonamides is 1. The molecule has 3 aromatic rings. The highest BCUT2D eigenvalue weighted by Crippen LogP contribution is 2.24. The van der Waals surface area contributed by atoms with Crippen molar-refractivity contribution < 1.29 is 22.7 Å². The molecule has 178 valence electrons. The third kappa shape index (κ3) is 5.27. The summed E-state index contributed by atoms with van der Waals surface area (Å²) < 4.78 is 38.4. The Labute approximate surface area is 199 Å². The molecule has 9 heteroatoms. The summed E-state index contributed by atoms with van der Waals surface area (Å²) >= 11 is 0. The SMILES string of the molecule is Cc1ccc(Oc2ccc(NC(=O)c3cc(S(=O)(=O)N4CCOCC4)ccc3C)cn2)cc1C. The van der Waals surface area contributed by atoms with Gasteiger partial charge in [0.1, 0.15) is 5.75 Å². The van der Waals surface area contributed by atoms with E-state index in [1.54, 1.807) is 25.1 Å². The van der Waals surface area contributed by atoms with Crippen molar-refractivity contribution in [2.24, 2.45) is 0 Å². The van der Waals surface area contributed by atoms with Gasteiger partial charge in [-0.05, 0) is 67.8 Å². The van der Waals surface area contributed by atoms with E-state index in [1.807, 2.05) is 32.0 Å². The van der Waals surface area contributed by atoms with Crippen LogP contribution in [0.15, 0.2) is 59.6 Å². The van der Waals surface area contributed by atoms with Crippen LogP contribution >= 0.6 is 0 Å². The van der Waals surface area contributed by atoms with Crippen molar-refractivity contribution in [3.63, 3.8) is 0 Å². The molecule has 2 aromatic carbocycles. The maximum absolute atomic E-state index is 13.0. The normalized spacial score (nSPS) is 14.6. The molecule has 0 radical (unpaired) electrons. The summed E-state index contributed by atoms with van der Waals surface area (Å²) in [5.74, 6) is 0.665. The molecule has 0 spiro atoms. The third-order valence-corrected chi connectivity index (χ3v) is 7.65. The summed E-state index contributed by atoms with van der Waals surface area (Å²) in [6.07, 6.45) is 1.50. The Hall–Kier alpha value is -3.27. The first-order chi connectivity index (χ1) is 16.2. The summed E-state index contributed by atoms with van der Waals surface area (Å²) in [6.45, 7) is 7.10. The Kier molecular flexibility index (Phi) is 6.97. The molecular weight excluding hydrogens is 454 g/mol. The molecule has 0 bridgehead atoms. The van der Waals surface area contributed by atoms with Crippen LogP contribution in [0.4, 0.5) is 5.69 Å². The largest absolute Gasteiger partial charge is 0.439 e. The first-order valence-corrected chi connectivity index (χ1v) is 12.4. The van der Waals surface area contributed by atoms with Crippen molar-refractivity contribution >= 4 is 21.6 Å². The van der Waals surface area contributed by atoms with Crippen LogP contribution in [0.25, 0.3) is 0 Å². The predicted octanol–water partition coefficient (Wildman–Crippen LogP) is 4.07. The lowest BCUT2D eigenvalue weighted by Crippen LogP contribution is -2.40. The second-order valence-corrected chi connectivity index (χ2v) is 10.1. The number of carbonyl (C=O) groups is 1. The number of benzene rings is 2. The van der Waals surface area contributed by atoms with Crippen LogP contribution in [0.2, 0.25) is 0 Å². The lowest BCUT2D eigenvalue weighted by atomic mass is 10.1. The van der Waals surface area contributed by atoms with E-state index in [4.69, 9.17) is 9.47 Å². The van der Waals surface area contributed by atoms with E-state index in [9.17, 15) is 13.2 Å². The predicted molar refractivity (Wildman–Crippen MR) is 129 cm³/mol. The Balaban J connectivity index is 1.48. The van der Waals surface area contributed by atoms with Crippen LogP contribution in [0.1, 0.15) is 27.0 Å². The Morgan fingerprint density at radius 3 is 2.38 bits per heavy atom. The quantitative estimate of drug-likeness (QED) is 0.570. The Morgan fingerprint density at radius 1 is 0.971 bits per heavy atom. The van der Waals surface area contributed by atoms with Crippen LogP contribution < -0.4 is 10.1 Å². The Bertz CT molecular complexity index is 1300. The van der Waals surface area contributed by atoms with Crippen LogP contribution in [0, 0.1) is 20.8 Å². The molecule has 0 saturated carbocycles. The van der Waals surface area contributed by atoms with Gasteiger partial charge < -0.3 is 14.8 Å². The van der Waals surface area contributed by atoms with Gasteiger partial charge in [-0.25, -0.2) is 13.4 Å². The molecule has 1 amide bonds. The van der Waals surface area contributed by atoms with Crippen molar-refractivity contribution in [1.82, 2.24) is 9.29 Å². The zero-order chi connectivity index (χ0) is 24.3. The first-order valence-electron chi connectivity index (χ1n) is 10.9. The molecule has 4 rings (SSSR count). The van der Waals surface area contributed by atoms with Crippen molar-refractivity contribution in [1.29, 1.82) is 0 Å². The number of aromatic nitrogens is 1. The van der Waals surface area contributed by atoms with Crippen LogP contribution in [-0.2, 0) is 14.8 Å². The number of ether oxygens (including phenoxy) is 2. The molecule has 34 heavy (non-hydrogen) atoms. The number of amides is 1. The minimum absolute atomic E-state index is 0.0837. The van der Waals surface area contributed by atoms with Gasteiger partial charge in [-0.15, -0.1) is 0 Å². The Morgan fingerprint density at radius 2 is 1.71 bits per heavy atom. The van der Waals surface area contributed by atoms with Gasteiger partial charge in [0, 0.05) is 24.7 Å². The highest BCUT2D eigenvalue weighted by Gasteiger charge is 2.27. The van der Waals surface area contributed by atoms with E-state index in [0.717, 1.165) is 5.56 Å². The van der Waals surface area contributed by atoms with Gasteiger partial charge in [-0.3, -0.25) is 4.79 Å². The first kappa shape index (κ1) is 23.9. The fourth-order valence-electron chi connectivity index (χ4n) is 3.55. The molecule has 8 nitrogen and oxygen atoms in total. The van der Waals surface area contributed by atoms with Crippen molar-refractivity contribution in [2.45, 2.75) is 25.7 Å². The molecule has 1 saturated heterocycles. The fourth-order valence-corrected chi connectivity index (χ4v) is 4.99. The van der Waals surface area contributed by atoms with Crippen LogP contribution in [0.5, 0.6) is 11.6 Å². The smallest absolute Gasteiger partial charge is 0.256 e. The van der Waals surface area contributed by atoms with Gasteiger partial charge in [-0.2, -0.15) is 4.31 Å². The standard InChI is InChI=1S/C25H27N3O5S/c1-17-4-7-21(14-19(17)3)33-24-9-6-20(16-26-24)27-25(29)23-15-22(8-5-18(23)2)34(30,31)28-10-12-32-13-11-28/h4-9,14-16H,10-13H2,1-3H3,(H,27,29). The highest BCUT2D eigenvalue weighted by atomic mass is 32.2. The number of aryl methyl sites for hydroxylation is 3. The van der Waals surface area contributed by atoms with Crippen LogP contribution in [0.3, 0.4) is 0 Å². The van der Waals surface area contributed by atoms with E-state index in [1.165, 1.54) is 28.2 Å². The van der Waals surface area contributed by atoms with Crippen molar-refractivity contribution in [3.05, 3.63) is 77.0 Å². The second-order valence-electron chi connectivity index (χ2n) is 8.18. The number of rotatable bonds is 6. The van der Waals surface area contributed by atoms with E-state index in [-0.39, 0.29) is 10.5 Å². The topological polar surface area (TPSA) is 97.8 Å². The molecular formula is C25H27N3O5S. The molecule has 0 aliphatic carbocycles. The monoisotopic (exact) mass is 481 g/mol. The van der Waals surface area contributed by atoms with Crippen molar-refractivity contribution in [3.8, 4) is 11.6 Å². The average molecular weight is 482 g/mol. The zero-order valence-electron chi connectivity index (χ0n) is 19.4. The number of nitrogens with one attached hydrogen (secondary N) is 1. The highest BCUT2D eigenvalue weighted by molar-refractivity contribution is 7.89. The number of hydrogen-bond acceptors (Lipinski definition) is 6. The minimum Gasteiger partial charge on any atom is -0.439 e. The number of pyridine rings is 1. The second kappa shape index (κ2) is 9.92. The molecule has 1 aliphatic rings. The fraction of sp³-hybridized carbons (Fsp3) is 0.280. The minimum atomic E-state index is -3.70. The maximum Gasteiger partial charge on any atom is 0.256 e. The zero-order valence-corrected chi connectivity index (χ0v) is 20.2. The summed E-state index contributed by atoms with van der Waals surface area (Å²) in [6, 6.07) is 13.7. The molecule has 1 aromatic heterocycles. The molecule has 2 heterocycles. The number of nitrogens with zero attached hydrogens (tertiary/aromatic N) is 2. The van der Waals surface area contributed by atoms with Gasteiger partial charge in [0.05, 0.1) is 30.0 Å². The molecule has 1 N–H and O–H groups in total. The third-order valence-electron chi connectivity index (χ3n) is 5.76. The lowest BCUT2D eigenvalue weighted by Gasteiger charge is -2.26. The summed E-state index contributed by atoms with van der Waals surface area (Å²) in [5.41, 5.74) is 3.72. The molecule has 0 atom stereocenters. The number of morpholine rings is 1. The summed E-state index contributed by atoms with van der Waals surface area (Å²) in [4.78, 5) is 17.3. The number of hydrogen-bond donors (Lipinski definition) is 1. The van der Waals surface area contributed by atoms with E-state index in [2.05, 4.69) is 10.3 Å². The summed E-state index contributed by atoms with van der Waals surface area (Å²) in [5, 5.41) is 2.78. The van der Waals surface area contributed by atoms with E-state index in [0.29, 0.717) is 49.2 Å². The average Bonchev–Trinajstić information content (AvgIpc) is 2.83.